The van der Waals surface area contributed by atoms with Crippen molar-refractivity contribution in [3.8, 4) is 0 Å². The monoisotopic (exact) mass is 256 g/mol. The molecule has 1 fully saturated rings. The van der Waals surface area contributed by atoms with E-state index in [1.54, 1.807) is 0 Å². The Balaban J connectivity index is 2.68. The second-order valence-corrected chi connectivity index (χ2v) is 6.28. The smallest absolute Gasteiger partial charge is 0.0774 e. The van der Waals surface area contributed by atoms with Crippen molar-refractivity contribution < 1.29 is 5.11 Å². The van der Waals surface area contributed by atoms with Crippen molar-refractivity contribution in [2.24, 2.45) is 0 Å². The molecule has 0 bridgehead atoms. The molecule has 0 radical (unpaired) electrons. The number of hydrogen-bond donors (Lipinski definition) is 2. The van der Waals surface area contributed by atoms with Gasteiger partial charge in [0.15, 0.2) is 0 Å². The molecule has 0 aliphatic heterocycles. The van der Waals surface area contributed by atoms with Gasteiger partial charge in [0, 0.05) is 18.1 Å². The molecule has 18 heavy (non-hydrogen) atoms. The Labute approximate surface area is 113 Å². The first kappa shape index (κ1) is 15.9. The van der Waals surface area contributed by atoms with Gasteiger partial charge in [-0.05, 0) is 46.7 Å². The van der Waals surface area contributed by atoms with Crippen LogP contribution in [-0.2, 0) is 0 Å². The van der Waals surface area contributed by atoms with E-state index in [1.165, 1.54) is 12.8 Å². The Morgan fingerprint density at radius 2 is 1.89 bits per heavy atom. The van der Waals surface area contributed by atoms with Crippen molar-refractivity contribution in [2.75, 3.05) is 20.1 Å². The van der Waals surface area contributed by atoms with Gasteiger partial charge in [-0.2, -0.15) is 0 Å². The third kappa shape index (κ3) is 3.46. The highest BCUT2D eigenvalue weighted by molar-refractivity contribution is 4.96. The normalized spacial score (nSPS) is 24.2. The van der Waals surface area contributed by atoms with Crippen LogP contribution in [0.15, 0.2) is 0 Å². The first-order valence-electron chi connectivity index (χ1n) is 7.55. The van der Waals surface area contributed by atoms with Crippen LogP contribution in [0.3, 0.4) is 0 Å². The van der Waals surface area contributed by atoms with Gasteiger partial charge in [-0.1, -0.05) is 26.7 Å². The molecule has 1 aliphatic rings. The summed E-state index contributed by atoms with van der Waals surface area (Å²) in [4.78, 5) is 2.37. The van der Waals surface area contributed by atoms with Crippen molar-refractivity contribution in [1.82, 2.24) is 10.2 Å². The van der Waals surface area contributed by atoms with Gasteiger partial charge in [0.2, 0.25) is 0 Å². The maximum absolute atomic E-state index is 10.6. The van der Waals surface area contributed by atoms with E-state index in [0.29, 0.717) is 6.04 Å². The number of nitrogens with zero attached hydrogens (tertiary/aromatic N) is 1. The summed E-state index contributed by atoms with van der Waals surface area (Å²) in [5.74, 6) is 0. The van der Waals surface area contributed by atoms with Gasteiger partial charge in [-0.25, -0.2) is 0 Å². The highest BCUT2D eigenvalue weighted by Crippen LogP contribution is 2.33. The molecule has 0 aromatic rings. The number of hydrogen-bond acceptors (Lipinski definition) is 3. The van der Waals surface area contributed by atoms with Crippen LogP contribution in [0.5, 0.6) is 0 Å². The molecule has 3 heteroatoms. The van der Waals surface area contributed by atoms with Crippen LogP contribution < -0.4 is 5.32 Å². The maximum atomic E-state index is 10.6. The van der Waals surface area contributed by atoms with E-state index >= 15 is 0 Å². The van der Waals surface area contributed by atoms with E-state index in [9.17, 15) is 5.11 Å². The molecule has 2 unspecified atom stereocenters. The summed E-state index contributed by atoms with van der Waals surface area (Å²) in [6.07, 6.45) is 5.37. The summed E-state index contributed by atoms with van der Waals surface area (Å²) in [5.41, 5.74) is -0.342. The number of β-amino-alcohol motifs (C(OH)–C–C–N with tert-alkyl or cyclic N) is 1. The molecule has 0 amide bonds. The zero-order chi connectivity index (χ0) is 13.8. The summed E-state index contributed by atoms with van der Waals surface area (Å²) in [7, 11) is 2.16. The molecule has 2 N–H and O–H groups in total. The predicted octanol–water partition coefficient (Wildman–Crippen LogP) is 2.39. The van der Waals surface area contributed by atoms with Crippen LogP contribution in [0, 0.1) is 0 Å². The lowest BCUT2D eigenvalue weighted by Crippen LogP contribution is -2.59. The molecule has 0 saturated heterocycles. The van der Waals surface area contributed by atoms with Crippen LogP contribution in [-0.4, -0.2) is 47.3 Å². The highest BCUT2D eigenvalue weighted by atomic mass is 16.3. The Hall–Kier alpha value is -0.120. The topological polar surface area (TPSA) is 35.5 Å². The Bertz CT molecular complexity index is 251. The van der Waals surface area contributed by atoms with Crippen molar-refractivity contribution in [1.29, 1.82) is 0 Å². The van der Waals surface area contributed by atoms with Gasteiger partial charge in [0.05, 0.1) is 5.60 Å². The second-order valence-electron chi connectivity index (χ2n) is 6.28. The fourth-order valence-electron chi connectivity index (χ4n) is 3.25. The van der Waals surface area contributed by atoms with Crippen LogP contribution in [0.25, 0.3) is 0 Å². The van der Waals surface area contributed by atoms with E-state index < -0.39 is 5.60 Å². The SMILES string of the molecule is CCNC(C)C(C)(CC)N(C)CC1(O)CCCC1. The van der Waals surface area contributed by atoms with Crippen molar-refractivity contribution >= 4 is 0 Å². The zero-order valence-corrected chi connectivity index (χ0v) is 12.9. The van der Waals surface area contributed by atoms with Crippen LogP contribution >= 0.6 is 0 Å². The number of nitrogens with one attached hydrogen (secondary N) is 1. The van der Waals surface area contributed by atoms with E-state index in [1.807, 2.05) is 0 Å². The average Bonchev–Trinajstić information content (AvgIpc) is 2.74. The van der Waals surface area contributed by atoms with Gasteiger partial charge in [-0.15, -0.1) is 0 Å². The minimum atomic E-state index is -0.447. The van der Waals surface area contributed by atoms with Crippen molar-refractivity contribution in [3.05, 3.63) is 0 Å². The molecule has 0 heterocycles. The van der Waals surface area contributed by atoms with Gasteiger partial charge in [0.1, 0.15) is 0 Å². The van der Waals surface area contributed by atoms with E-state index in [4.69, 9.17) is 0 Å². The van der Waals surface area contributed by atoms with Crippen LogP contribution in [0.1, 0.15) is 59.8 Å². The summed E-state index contributed by atoms with van der Waals surface area (Å²) in [6, 6.07) is 0.433. The molecule has 0 aromatic heterocycles. The largest absolute Gasteiger partial charge is 0.389 e. The van der Waals surface area contributed by atoms with E-state index in [0.717, 1.165) is 32.4 Å². The lowest BCUT2D eigenvalue weighted by molar-refractivity contribution is -0.0239. The van der Waals surface area contributed by atoms with Crippen molar-refractivity contribution in [2.45, 2.75) is 77.0 Å². The zero-order valence-electron chi connectivity index (χ0n) is 12.9. The highest BCUT2D eigenvalue weighted by Gasteiger charge is 2.39. The molecule has 0 spiro atoms. The minimum Gasteiger partial charge on any atom is -0.389 e. The predicted molar refractivity (Wildman–Crippen MR) is 77.9 cm³/mol. The van der Waals surface area contributed by atoms with Crippen molar-refractivity contribution in [3.63, 3.8) is 0 Å². The third-order valence-electron chi connectivity index (χ3n) is 5.10. The van der Waals surface area contributed by atoms with Gasteiger partial charge < -0.3 is 10.4 Å². The Morgan fingerprint density at radius 3 is 2.33 bits per heavy atom. The first-order chi connectivity index (χ1) is 8.38. The molecule has 108 valence electrons. The summed E-state index contributed by atoms with van der Waals surface area (Å²) in [5, 5.41) is 14.1. The molecule has 1 saturated carbocycles. The number of likely N-dealkylation sites (N-methyl/N-ethyl adjacent to an activating group) is 2. The third-order valence-corrected chi connectivity index (χ3v) is 5.10. The standard InChI is InChI=1S/C15H32N2O/c1-6-14(4,13(3)16-7-2)17(5)12-15(18)10-8-9-11-15/h13,16,18H,6-12H2,1-5H3. The molecule has 2 atom stereocenters. The Kier molecular flexibility index (Phi) is 5.63. The molecule has 1 rings (SSSR count). The second kappa shape index (κ2) is 6.36. The molecular formula is C15H32N2O. The quantitative estimate of drug-likeness (QED) is 0.734. The molecule has 3 nitrogen and oxygen atoms in total. The lowest BCUT2D eigenvalue weighted by atomic mass is 9.87. The number of aliphatic hydroxyl groups is 1. The maximum Gasteiger partial charge on any atom is 0.0774 e. The van der Waals surface area contributed by atoms with Crippen LogP contribution in [0.2, 0.25) is 0 Å². The molecular weight excluding hydrogens is 224 g/mol. The summed E-state index contributed by atoms with van der Waals surface area (Å²) in [6.45, 7) is 10.7. The van der Waals surface area contributed by atoms with E-state index in [-0.39, 0.29) is 5.54 Å². The summed E-state index contributed by atoms with van der Waals surface area (Å²) < 4.78 is 0. The fourth-order valence-corrected chi connectivity index (χ4v) is 3.25. The molecule has 0 aromatic carbocycles. The van der Waals surface area contributed by atoms with E-state index in [2.05, 4.69) is 45.0 Å². The van der Waals surface area contributed by atoms with Crippen LogP contribution in [0.4, 0.5) is 0 Å². The minimum absolute atomic E-state index is 0.105. The first-order valence-corrected chi connectivity index (χ1v) is 7.55. The van der Waals surface area contributed by atoms with Gasteiger partial charge >= 0.3 is 0 Å². The number of rotatable bonds is 7. The van der Waals surface area contributed by atoms with Gasteiger partial charge in [0.25, 0.3) is 0 Å². The average molecular weight is 256 g/mol. The fraction of sp³-hybridized carbons (Fsp3) is 1.00. The summed E-state index contributed by atoms with van der Waals surface area (Å²) >= 11 is 0. The Morgan fingerprint density at radius 1 is 1.33 bits per heavy atom. The van der Waals surface area contributed by atoms with Gasteiger partial charge in [-0.3, -0.25) is 4.90 Å². The molecule has 1 aliphatic carbocycles. The lowest BCUT2D eigenvalue weighted by Gasteiger charge is -2.46.